The Morgan fingerprint density at radius 1 is 1.11 bits per heavy atom. The second kappa shape index (κ2) is 9.21. The quantitative estimate of drug-likeness (QED) is 0.383. The number of carbonyl (C=O) groups excluding carboxylic acids is 1. The van der Waals surface area contributed by atoms with E-state index in [0.717, 1.165) is 11.1 Å². The average molecular weight is 486 g/mol. The third kappa shape index (κ3) is 4.28. The van der Waals surface area contributed by atoms with Crippen LogP contribution in [0.5, 0.6) is 5.75 Å². The number of rotatable bonds is 6. The number of hydrogen-bond donors (Lipinski definition) is 1. The van der Waals surface area contributed by atoms with Crippen LogP contribution in [0, 0.1) is 5.82 Å². The molecule has 182 valence electrons. The van der Waals surface area contributed by atoms with E-state index >= 15 is 4.39 Å². The van der Waals surface area contributed by atoms with Gasteiger partial charge in [-0.1, -0.05) is 0 Å². The standard InChI is InChI=1S/C26H24FN7O2/c1-15(26(35)33(2)3)36-22-11-16(17-12-31-34(4)13-17)10-21-23(22)25(30-14-29-21)32-20-8-7-19-18(24(20)27)6-5-9-28-19/h5-15H,1-4H3,(H,29,30,32)/t15-/m1/s1. The van der Waals surface area contributed by atoms with Crippen molar-refractivity contribution in [3.05, 3.63) is 67.1 Å². The van der Waals surface area contributed by atoms with Crippen LogP contribution in [-0.4, -0.2) is 55.7 Å². The summed E-state index contributed by atoms with van der Waals surface area (Å²) < 4.78 is 23.2. The molecule has 0 unspecified atom stereocenters. The van der Waals surface area contributed by atoms with Gasteiger partial charge in [-0.05, 0) is 48.9 Å². The Kier molecular flexibility index (Phi) is 5.93. The van der Waals surface area contributed by atoms with Gasteiger partial charge in [0.15, 0.2) is 11.9 Å². The van der Waals surface area contributed by atoms with Gasteiger partial charge in [-0.25, -0.2) is 14.4 Å². The summed E-state index contributed by atoms with van der Waals surface area (Å²) in [4.78, 5) is 27.1. The Bertz CT molecular complexity index is 1600. The molecule has 1 amide bonds. The largest absolute Gasteiger partial charge is 0.480 e. The van der Waals surface area contributed by atoms with Gasteiger partial charge in [-0.2, -0.15) is 5.10 Å². The molecule has 3 aromatic heterocycles. The fourth-order valence-corrected chi connectivity index (χ4v) is 4.02. The summed E-state index contributed by atoms with van der Waals surface area (Å²) in [7, 11) is 5.16. The summed E-state index contributed by atoms with van der Waals surface area (Å²) in [6.45, 7) is 1.68. The number of carbonyl (C=O) groups is 1. The molecule has 10 heteroatoms. The predicted molar refractivity (Wildman–Crippen MR) is 136 cm³/mol. The third-order valence-corrected chi connectivity index (χ3v) is 5.80. The summed E-state index contributed by atoms with van der Waals surface area (Å²) in [5.74, 6) is 0.0896. The molecule has 36 heavy (non-hydrogen) atoms. The molecule has 0 saturated heterocycles. The lowest BCUT2D eigenvalue weighted by Gasteiger charge is -2.20. The van der Waals surface area contributed by atoms with Gasteiger partial charge in [0.1, 0.15) is 17.9 Å². The van der Waals surface area contributed by atoms with E-state index in [4.69, 9.17) is 4.74 Å². The fourth-order valence-electron chi connectivity index (χ4n) is 4.02. The molecule has 3 heterocycles. The average Bonchev–Trinajstić information content (AvgIpc) is 3.31. The molecule has 5 aromatic rings. The van der Waals surface area contributed by atoms with Crippen LogP contribution in [0.1, 0.15) is 6.92 Å². The topological polar surface area (TPSA) is 98.1 Å². The van der Waals surface area contributed by atoms with Crippen molar-refractivity contribution >= 4 is 39.2 Å². The first-order valence-corrected chi connectivity index (χ1v) is 11.3. The van der Waals surface area contributed by atoms with E-state index in [0.29, 0.717) is 33.4 Å². The number of likely N-dealkylation sites (N-methyl/N-ethyl adjacent to an activating group) is 1. The minimum Gasteiger partial charge on any atom is -0.480 e. The van der Waals surface area contributed by atoms with Crippen molar-refractivity contribution in [2.24, 2.45) is 7.05 Å². The number of nitrogens with one attached hydrogen (secondary N) is 1. The number of benzene rings is 2. The lowest BCUT2D eigenvalue weighted by atomic mass is 10.1. The van der Waals surface area contributed by atoms with Crippen molar-refractivity contribution in [1.29, 1.82) is 0 Å². The molecule has 9 nitrogen and oxygen atoms in total. The summed E-state index contributed by atoms with van der Waals surface area (Å²) in [5.41, 5.74) is 3.01. The van der Waals surface area contributed by atoms with Gasteiger partial charge in [0.25, 0.3) is 5.91 Å². The zero-order valence-electron chi connectivity index (χ0n) is 20.2. The molecule has 0 aliphatic carbocycles. The molecule has 1 atom stereocenters. The normalized spacial score (nSPS) is 12.0. The summed E-state index contributed by atoms with van der Waals surface area (Å²) in [5, 5.41) is 8.25. The smallest absolute Gasteiger partial charge is 0.262 e. The Labute approximate surface area is 206 Å². The molecule has 0 saturated carbocycles. The zero-order chi connectivity index (χ0) is 25.4. The van der Waals surface area contributed by atoms with Crippen LogP contribution in [-0.2, 0) is 11.8 Å². The van der Waals surface area contributed by atoms with Crippen LogP contribution < -0.4 is 10.1 Å². The number of fused-ring (bicyclic) bond motifs is 2. The van der Waals surface area contributed by atoms with Gasteiger partial charge < -0.3 is 15.0 Å². The van der Waals surface area contributed by atoms with E-state index < -0.39 is 11.9 Å². The highest BCUT2D eigenvalue weighted by atomic mass is 19.1. The molecule has 0 aliphatic heterocycles. The first-order chi connectivity index (χ1) is 17.3. The van der Waals surface area contributed by atoms with E-state index in [1.54, 1.807) is 62.4 Å². The van der Waals surface area contributed by atoms with Gasteiger partial charge in [0.2, 0.25) is 0 Å². The molecule has 1 N–H and O–H groups in total. The number of amides is 1. The zero-order valence-corrected chi connectivity index (χ0v) is 20.2. The van der Waals surface area contributed by atoms with E-state index in [2.05, 4.69) is 25.4 Å². The van der Waals surface area contributed by atoms with Crippen LogP contribution in [0.15, 0.2) is 61.3 Å². The highest BCUT2D eigenvalue weighted by Gasteiger charge is 2.21. The number of hydrogen-bond acceptors (Lipinski definition) is 7. The molecule has 0 bridgehead atoms. The maximum atomic E-state index is 15.3. The van der Waals surface area contributed by atoms with Crippen molar-refractivity contribution in [3.63, 3.8) is 0 Å². The lowest BCUT2D eigenvalue weighted by molar-refractivity contribution is -0.135. The van der Waals surface area contributed by atoms with Crippen molar-refractivity contribution in [3.8, 4) is 16.9 Å². The first-order valence-electron chi connectivity index (χ1n) is 11.3. The number of pyridine rings is 1. The number of aryl methyl sites for hydroxylation is 1. The van der Waals surface area contributed by atoms with E-state index in [1.165, 1.54) is 11.2 Å². The highest BCUT2D eigenvalue weighted by molar-refractivity contribution is 5.99. The van der Waals surface area contributed by atoms with Gasteiger partial charge in [-0.3, -0.25) is 14.5 Å². The minimum atomic E-state index is -0.774. The SMILES string of the molecule is C[C@@H](Oc1cc(-c2cnn(C)c2)cc2ncnc(Nc3ccc4ncccc4c3F)c12)C(=O)N(C)C. The third-order valence-electron chi connectivity index (χ3n) is 5.80. The second-order valence-electron chi connectivity index (χ2n) is 8.61. The van der Waals surface area contributed by atoms with Crippen LogP contribution in [0.2, 0.25) is 0 Å². The summed E-state index contributed by atoms with van der Waals surface area (Å²) >= 11 is 0. The van der Waals surface area contributed by atoms with E-state index in [1.807, 2.05) is 25.4 Å². The summed E-state index contributed by atoms with van der Waals surface area (Å²) in [6.07, 6.45) is 5.85. The predicted octanol–water partition coefficient (Wildman–Crippen LogP) is 4.32. The van der Waals surface area contributed by atoms with Crippen molar-refractivity contribution in [1.82, 2.24) is 29.6 Å². The van der Waals surface area contributed by atoms with Gasteiger partial charge in [0, 0.05) is 44.5 Å². The molecule has 2 aromatic carbocycles. The number of anilines is 2. The van der Waals surface area contributed by atoms with Crippen molar-refractivity contribution in [2.45, 2.75) is 13.0 Å². The Morgan fingerprint density at radius 3 is 2.69 bits per heavy atom. The Balaban J connectivity index is 1.65. The van der Waals surface area contributed by atoms with Crippen LogP contribution >= 0.6 is 0 Å². The molecule has 0 fully saturated rings. The van der Waals surface area contributed by atoms with Crippen LogP contribution in [0.4, 0.5) is 15.9 Å². The van der Waals surface area contributed by atoms with Crippen molar-refractivity contribution in [2.75, 3.05) is 19.4 Å². The van der Waals surface area contributed by atoms with Crippen molar-refractivity contribution < 1.29 is 13.9 Å². The number of nitrogens with zero attached hydrogens (tertiary/aromatic N) is 6. The van der Waals surface area contributed by atoms with E-state index in [9.17, 15) is 4.79 Å². The Morgan fingerprint density at radius 2 is 1.94 bits per heavy atom. The molecule has 5 rings (SSSR count). The maximum absolute atomic E-state index is 15.3. The first kappa shape index (κ1) is 23.2. The van der Waals surface area contributed by atoms with Gasteiger partial charge in [0.05, 0.1) is 28.3 Å². The molecule has 0 radical (unpaired) electrons. The number of ether oxygens (including phenoxy) is 1. The highest BCUT2D eigenvalue weighted by Crippen LogP contribution is 2.37. The minimum absolute atomic E-state index is 0.200. The van der Waals surface area contributed by atoms with E-state index in [-0.39, 0.29) is 11.6 Å². The molecular weight excluding hydrogens is 461 g/mol. The maximum Gasteiger partial charge on any atom is 0.262 e. The number of aromatic nitrogens is 5. The van der Waals surface area contributed by atoms with Crippen LogP contribution in [0.3, 0.4) is 0 Å². The van der Waals surface area contributed by atoms with Gasteiger partial charge in [-0.15, -0.1) is 0 Å². The summed E-state index contributed by atoms with van der Waals surface area (Å²) in [6, 6.07) is 10.4. The molecule has 0 aliphatic rings. The molecule has 0 spiro atoms. The molecular formula is C26H24FN7O2. The second-order valence-corrected chi connectivity index (χ2v) is 8.61. The Hall–Kier alpha value is -4.60. The van der Waals surface area contributed by atoms with Crippen LogP contribution in [0.25, 0.3) is 32.9 Å². The van der Waals surface area contributed by atoms with Gasteiger partial charge >= 0.3 is 0 Å². The monoisotopic (exact) mass is 485 g/mol. The number of halogens is 1. The lowest BCUT2D eigenvalue weighted by Crippen LogP contribution is -2.35. The fraction of sp³-hybridized carbons (Fsp3) is 0.192.